The van der Waals surface area contributed by atoms with Crippen LogP contribution < -0.4 is 14.8 Å². The van der Waals surface area contributed by atoms with E-state index in [-0.39, 0.29) is 18.3 Å². The van der Waals surface area contributed by atoms with E-state index in [0.29, 0.717) is 29.9 Å². The number of methoxy groups -OCH3 is 2. The van der Waals surface area contributed by atoms with E-state index in [1.54, 1.807) is 20.3 Å². The van der Waals surface area contributed by atoms with Gasteiger partial charge in [0, 0.05) is 17.4 Å². The number of benzene rings is 2. The molecule has 128 valence electrons. The molecule has 0 aliphatic heterocycles. The SMILES string of the molecule is COc1ccc(CCC(=O)NCc2cc(F)ccc2Br)cc1OC. The van der Waals surface area contributed by atoms with Crippen LogP contribution in [0.4, 0.5) is 4.39 Å². The number of carbonyl (C=O) groups excluding carboxylic acids is 1. The molecule has 0 aromatic heterocycles. The molecule has 0 atom stereocenters. The fraction of sp³-hybridized carbons (Fsp3) is 0.278. The lowest BCUT2D eigenvalue weighted by molar-refractivity contribution is -0.121. The molecule has 1 amide bonds. The van der Waals surface area contributed by atoms with Crippen molar-refractivity contribution in [1.29, 1.82) is 0 Å². The zero-order chi connectivity index (χ0) is 17.5. The molecule has 0 spiro atoms. The molecule has 0 saturated heterocycles. The van der Waals surface area contributed by atoms with Crippen molar-refractivity contribution in [3.8, 4) is 11.5 Å². The van der Waals surface area contributed by atoms with Crippen molar-refractivity contribution >= 4 is 21.8 Å². The van der Waals surface area contributed by atoms with Crippen molar-refractivity contribution in [2.45, 2.75) is 19.4 Å². The second kappa shape index (κ2) is 8.68. The molecule has 1 N–H and O–H groups in total. The topological polar surface area (TPSA) is 47.6 Å². The quantitative estimate of drug-likeness (QED) is 0.774. The first-order chi connectivity index (χ1) is 11.5. The molecule has 2 aromatic carbocycles. The van der Waals surface area contributed by atoms with E-state index >= 15 is 0 Å². The van der Waals surface area contributed by atoms with Gasteiger partial charge in [0.15, 0.2) is 11.5 Å². The van der Waals surface area contributed by atoms with Gasteiger partial charge in [-0.1, -0.05) is 22.0 Å². The Hall–Kier alpha value is -2.08. The molecule has 0 saturated carbocycles. The van der Waals surface area contributed by atoms with E-state index in [4.69, 9.17) is 9.47 Å². The van der Waals surface area contributed by atoms with Gasteiger partial charge < -0.3 is 14.8 Å². The molecular formula is C18H19BrFNO3. The Morgan fingerprint density at radius 1 is 1.12 bits per heavy atom. The Labute approximate surface area is 149 Å². The molecule has 2 rings (SSSR count). The summed E-state index contributed by atoms with van der Waals surface area (Å²) in [6.45, 7) is 0.281. The maximum atomic E-state index is 13.2. The number of hydrogen-bond donors (Lipinski definition) is 1. The van der Waals surface area contributed by atoms with E-state index in [9.17, 15) is 9.18 Å². The fourth-order valence-corrected chi connectivity index (χ4v) is 2.64. The second-order valence-corrected chi connectivity index (χ2v) is 6.06. The summed E-state index contributed by atoms with van der Waals surface area (Å²) < 4.78 is 24.4. The Bertz CT molecular complexity index is 721. The lowest BCUT2D eigenvalue weighted by atomic mass is 10.1. The Morgan fingerprint density at radius 3 is 2.58 bits per heavy atom. The molecule has 4 nitrogen and oxygen atoms in total. The third-order valence-corrected chi connectivity index (χ3v) is 4.35. The van der Waals surface area contributed by atoms with Crippen LogP contribution in [0.5, 0.6) is 11.5 Å². The van der Waals surface area contributed by atoms with Crippen LogP contribution >= 0.6 is 15.9 Å². The van der Waals surface area contributed by atoms with Crippen molar-refractivity contribution in [1.82, 2.24) is 5.32 Å². The van der Waals surface area contributed by atoms with Gasteiger partial charge in [0.25, 0.3) is 0 Å². The molecule has 0 heterocycles. The molecule has 24 heavy (non-hydrogen) atoms. The highest BCUT2D eigenvalue weighted by Crippen LogP contribution is 2.28. The predicted octanol–water partition coefficient (Wildman–Crippen LogP) is 3.85. The molecule has 6 heteroatoms. The van der Waals surface area contributed by atoms with E-state index < -0.39 is 0 Å². The normalized spacial score (nSPS) is 10.3. The Balaban J connectivity index is 1.88. The standard InChI is InChI=1S/C18H19BrFNO3/c1-23-16-7-3-12(9-17(16)24-2)4-8-18(22)21-11-13-10-14(20)5-6-15(13)19/h3,5-7,9-10H,4,8,11H2,1-2H3,(H,21,22). The maximum absolute atomic E-state index is 13.2. The summed E-state index contributed by atoms with van der Waals surface area (Å²) in [5, 5.41) is 2.80. The van der Waals surface area contributed by atoms with Crippen LogP contribution in [0.1, 0.15) is 17.5 Å². The summed E-state index contributed by atoms with van der Waals surface area (Å²) in [5.74, 6) is 0.870. The molecule has 0 aliphatic rings. The van der Waals surface area contributed by atoms with Gasteiger partial charge in [-0.2, -0.15) is 0 Å². The van der Waals surface area contributed by atoms with Crippen molar-refractivity contribution in [3.05, 3.63) is 57.8 Å². The molecular weight excluding hydrogens is 377 g/mol. The first-order valence-electron chi connectivity index (χ1n) is 7.45. The van der Waals surface area contributed by atoms with Crippen molar-refractivity contribution in [3.63, 3.8) is 0 Å². The van der Waals surface area contributed by atoms with Crippen molar-refractivity contribution in [2.24, 2.45) is 0 Å². The number of nitrogens with one attached hydrogen (secondary N) is 1. The average molecular weight is 396 g/mol. The van der Waals surface area contributed by atoms with Crippen molar-refractivity contribution < 1.29 is 18.7 Å². The lowest BCUT2D eigenvalue weighted by Crippen LogP contribution is -2.23. The molecule has 0 bridgehead atoms. The van der Waals surface area contributed by atoms with Gasteiger partial charge in [-0.05, 0) is 47.9 Å². The van der Waals surface area contributed by atoms with Crippen molar-refractivity contribution in [2.75, 3.05) is 14.2 Å². The van der Waals surface area contributed by atoms with E-state index in [2.05, 4.69) is 21.2 Å². The first kappa shape index (κ1) is 18.3. The van der Waals surface area contributed by atoms with Crippen LogP contribution in [0.15, 0.2) is 40.9 Å². The zero-order valence-electron chi connectivity index (χ0n) is 13.6. The van der Waals surface area contributed by atoms with Crippen LogP contribution in [-0.4, -0.2) is 20.1 Å². The monoisotopic (exact) mass is 395 g/mol. The zero-order valence-corrected chi connectivity index (χ0v) is 15.2. The number of carbonyl (C=O) groups is 1. The third-order valence-electron chi connectivity index (χ3n) is 3.57. The minimum Gasteiger partial charge on any atom is -0.493 e. The van der Waals surface area contributed by atoms with Gasteiger partial charge in [-0.15, -0.1) is 0 Å². The predicted molar refractivity (Wildman–Crippen MR) is 93.8 cm³/mol. The van der Waals surface area contributed by atoms with E-state index in [1.165, 1.54) is 12.1 Å². The van der Waals surface area contributed by atoms with Crippen LogP contribution in [0, 0.1) is 5.82 Å². The molecule has 0 radical (unpaired) electrons. The highest BCUT2D eigenvalue weighted by molar-refractivity contribution is 9.10. The minimum absolute atomic E-state index is 0.0963. The number of ether oxygens (including phenoxy) is 2. The van der Waals surface area contributed by atoms with Gasteiger partial charge in [0.05, 0.1) is 14.2 Å². The van der Waals surface area contributed by atoms with Gasteiger partial charge in [-0.25, -0.2) is 4.39 Å². The average Bonchev–Trinajstić information content (AvgIpc) is 2.60. The lowest BCUT2D eigenvalue weighted by Gasteiger charge is -2.10. The Kier molecular flexibility index (Phi) is 6.61. The van der Waals surface area contributed by atoms with Crippen LogP contribution in [0.25, 0.3) is 0 Å². The summed E-state index contributed by atoms with van der Waals surface area (Å²) in [6.07, 6.45) is 0.916. The smallest absolute Gasteiger partial charge is 0.220 e. The van der Waals surface area contributed by atoms with Crippen LogP contribution in [-0.2, 0) is 17.8 Å². The molecule has 0 fully saturated rings. The summed E-state index contributed by atoms with van der Waals surface area (Å²) in [7, 11) is 3.15. The highest BCUT2D eigenvalue weighted by atomic mass is 79.9. The minimum atomic E-state index is -0.326. The second-order valence-electron chi connectivity index (χ2n) is 5.20. The summed E-state index contributed by atoms with van der Waals surface area (Å²) in [4.78, 5) is 12.0. The van der Waals surface area contributed by atoms with E-state index in [0.717, 1.165) is 10.0 Å². The van der Waals surface area contributed by atoms with Crippen LogP contribution in [0.2, 0.25) is 0 Å². The number of amides is 1. The highest BCUT2D eigenvalue weighted by Gasteiger charge is 2.08. The maximum Gasteiger partial charge on any atom is 0.220 e. The largest absolute Gasteiger partial charge is 0.493 e. The fourth-order valence-electron chi connectivity index (χ4n) is 2.25. The summed E-state index contributed by atoms with van der Waals surface area (Å²) in [6, 6.07) is 9.97. The Morgan fingerprint density at radius 2 is 1.88 bits per heavy atom. The molecule has 2 aromatic rings. The van der Waals surface area contributed by atoms with Gasteiger partial charge in [0.1, 0.15) is 5.82 Å². The summed E-state index contributed by atoms with van der Waals surface area (Å²) >= 11 is 3.34. The first-order valence-corrected chi connectivity index (χ1v) is 8.24. The number of aryl methyl sites for hydroxylation is 1. The third kappa shape index (κ3) is 4.96. The molecule has 0 aliphatic carbocycles. The number of hydrogen-bond acceptors (Lipinski definition) is 3. The molecule has 0 unspecified atom stereocenters. The van der Waals surface area contributed by atoms with Crippen LogP contribution in [0.3, 0.4) is 0 Å². The summed E-state index contributed by atoms with van der Waals surface area (Å²) in [5.41, 5.74) is 1.68. The van der Waals surface area contributed by atoms with E-state index in [1.807, 2.05) is 18.2 Å². The number of halogens is 2. The van der Waals surface area contributed by atoms with Gasteiger partial charge in [0.2, 0.25) is 5.91 Å². The van der Waals surface area contributed by atoms with Gasteiger partial charge >= 0.3 is 0 Å². The number of rotatable bonds is 7. The van der Waals surface area contributed by atoms with Gasteiger partial charge in [-0.3, -0.25) is 4.79 Å².